The highest BCUT2D eigenvalue weighted by atomic mass is 16.3. The summed E-state index contributed by atoms with van der Waals surface area (Å²) in [5, 5.41) is 9.33. The molecule has 0 aromatic rings. The maximum absolute atomic E-state index is 9.33. The van der Waals surface area contributed by atoms with Crippen LogP contribution in [0.2, 0.25) is 0 Å². The summed E-state index contributed by atoms with van der Waals surface area (Å²) in [6.45, 7) is 1.26. The van der Waals surface area contributed by atoms with Crippen molar-refractivity contribution in [1.82, 2.24) is 4.90 Å². The van der Waals surface area contributed by atoms with E-state index in [1.165, 1.54) is 0 Å². The fourth-order valence-electron chi connectivity index (χ4n) is 0.869. The van der Waals surface area contributed by atoms with Gasteiger partial charge in [-0.15, -0.1) is 0 Å². The molecule has 0 heterocycles. The van der Waals surface area contributed by atoms with Gasteiger partial charge in [0.2, 0.25) is 0 Å². The van der Waals surface area contributed by atoms with Crippen molar-refractivity contribution < 1.29 is 5.11 Å². The lowest BCUT2D eigenvalue weighted by Crippen LogP contribution is -2.34. The van der Waals surface area contributed by atoms with Gasteiger partial charge in [-0.05, 0) is 19.9 Å². The molecule has 0 amide bonds. The molecule has 0 unspecified atom stereocenters. The van der Waals surface area contributed by atoms with Crippen LogP contribution < -0.4 is 5.73 Å². The molecule has 54 valence electrons. The number of likely N-dealkylation sites (N-methyl/N-ethyl adjacent to an activating group) is 1. The van der Waals surface area contributed by atoms with E-state index in [1.807, 2.05) is 11.9 Å². The van der Waals surface area contributed by atoms with Crippen LogP contribution in [0, 0.1) is 0 Å². The topological polar surface area (TPSA) is 49.5 Å². The van der Waals surface area contributed by atoms with E-state index in [0.717, 1.165) is 19.4 Å². The molecule has 1 fully saturated rings. The van der Waals surface area contributed by atoms with Gasteiger partial charge in [0.25, 0.3) is 0 Å². The van der Waals surface area contributed by atoms with E-state index in [-0.39, 0.29) is 5.60 Å². The second-order valence-electron chi connectivity index (χ2n) is 2.92. The largest absolute Gasteiger partial charge is 0.389 e. The number of nitrogens with two attached hydrogens (primary N) is 1. The van der Waals surface area contributed by atoms with Crippen LogP contribution in [0.1, 0.15) is 12.8 Å². The van der Waals surface area contributed by atoms with Crippen LogP contribution in [0.15, 0.2) is 0 Å². The first-order chi connectivity index (χ1) is 4.16. The highest BCUT2D eigenvalue weighted by Gasteiger charge is 2.40. The number of rotatable bonds is 3. The Morgan fingerprint density at radius 1 is 1.67 bits per heavy atom. The van der Waals surface area contributed by atoms with E-state index in [4.69, 9.17) is 5.73 Å². The molecule has 0 aromatic heterocycles. The van der Waals surface area contributed by atoms with Crippen molar-refractivity contribution >= 4 is 0 Å². The normalized spacial score (nSPS) is 22.7. The number of nitrogens with zero attached hydrogens (tertiary/aromatic N) is 1. The zero-order chi connectivity index (χ0) is 6.91. The van der Waals surface area contributed by atoms with E-state index in [1.54, 1.807) is 0 Å². The van der Waals surface area contributed by atoms with Crippen LogP contribution >= 0.6 is 0 Å². The number of aliphatic hydroxyl groups is 1. The molecule has 0 radical (unpaired) electrons. The Kier molecular flexibility index (Phi) is 1.75. The molecule has 0 saturated heterocycles. The van der Waals surface area contributed by atoms with Gasteiger partial charge in [0.05, 0.1) is 5.60 Å². The number of hydrogen-bond donors (Lipinski definition) is 2. The van der Waals surface area contributed by atoms with Crippen LogP contribution in [0.3, 0.4) is 0 Å². The number of hydrogen-bond acceptors (Lipinski definition) is 3. The van der Waals surface area contributed by atoms with E-state index in [0.29, 0.717) is 6.67 Å². The average molecular weight is 130 g/mol. The monoisotopic (exact) mass is 130 g/mol. The summed E-state index contributed by atoms with van der Waals surface area (Å²) in [6.07, 6.45) is 1.88. The molecule has 0 bridgehead atoms. The summed E-state index contributed by atoms with van der Waals surface area (Å²) in [7, 11) is 1.91. The lowest BCUT2D eigenvalue weighted by Gasteiger charge is -2.16. The summed E-state index contributed by atoms with van der Waals surface area (Å²) >= 11 is 0. The third kappa shape index (κ3) is 1.93. The van der Waals surface area contributed by atoms with Gasteiger partial charge < -0.3 is 10.8 Å². The summed E-state index contributed by atoms with van der Waals surface area (Å²) in [5.41, 5.74) is 4.94. The molecule has 3 nitrogen and oxygen atoms in total. The quantitative estimate of drug-likeness (QED) is 0.500. The van der Waals surface area contributed by atoms with Gasteiger partial charge in [-0.25, -0.2) is 0 Å². The van der Waals surface area contributed by atoms with E-state index < -0.39 is 0 Å². The highest BCUT2D eigenvalue weighted by molar-refractivity contribution is 4.95. The first-order valence-corrected chi connectivity index (χ1v) is 3.27. The van der Waals surface area contributed by atoms with Gasteiger partial charge >= 0.3 is 0 Å². The van der Waals surface area contributed by atoms with Gasteiger partial charge in [-0.3, -0.25) is 4.90 Å². The molecule has 0 aliphatic heterocycles. The third-order valence-electron chi connectivity index (χ3n) is 1.70. The van der Waals surface area contributed by atoms with Crippen molar-refractivity contribution in [2.45, 2.75) is 18.4 Å². The van der Waals surface area contributed by atoms with Crippen molar-refractivity contribution in [2.75, 3.05) is 20.3 Å². The molecule has 3 N–H and O–H groups in total. The van der Waals surface area contributed by atoms with Gasteiger partial charge in [0.1, 0.15) is 0 Å². The Bertz CT molecular complexity index is 101. The minimum Gasteiger partial charge on any atom is -0.389 e. The Morgan fingerprint density at radius 2 is 2.22 bits per heavy atom. The Morgan fingerprint density at radius 3 is 2.56 bits per heavy atom. The Labute approximate surface area is 55.5 Å². The molecule has 0 spiro atoms. The van der Waals surface area contributed by atoms with Crippen molar-refractivity contribution in [1.29, 1.82) is 0 Å². The Balaban J connectivity index is 2.17. The van der Waals surface area contributed by atoms with E-state index in [9.17, 15) is 5.11 Å². The van der Waals surface area contributed by atoms with Crippen LogP contribution in [0.5, 0.6) is 0 Å². The van der Waals surface area contributed by atoms with Gasteiger partial charge in [-0.1, -0.05) is 0 Å². The molecule has 1 aliphatic carbocycles. The van der Waals surface area contributed by atoms with Gasteiger partial charge in [-0.2, -0.15) is 0 Å². The molecular formula is C6H14N2O. The van der Waals surface area contributed by atoms with Crippen LogP contribution in [0.4, 0.5) is 0 Å². The van der Waals surface area contributed by atoms with Crippen molar-refractivity contribution in [3.63, 3.8) is 0 Å². The van der Waals surface area contributed by atoms with Gasteiger partial charge in [0, 0.05) is 13.2 Å². The fraction of sp³-hybridized carbons (Fsp3) is 1.00. The predicted octanol–water partition coefficient (Wildman–Crippen LogP) is -0.641. The maximum atomic E-state index is 9.33. The summed E-state index contributed by atoms with van der Waals surface area (Å²) in [6, 6.07) is 0. The first-order valence-electron chi connectivity index (χ1n) is 3.27. The fourth-order valence-corrected chi connectivity index (χ4v) is 0.869. The zero-order valence-corrected chi connectivity index (χ0v) is 5.80. The summed E-state index contributed by atoms with van der Waals surface area (Å²) < 4.78 is 0. The highest BCUT2D eigenvalue weighted by Crippen LogP contribution is 2.35. The molecule has 1 rings (SSSR count). The minimum atomic E-state index is -0.381. The lowest BCUT2D eigenvalue weighted by molar-refractivity contribution is 0.105. The van der Waals surface area contributed by atoms with Crippen LogP contribution in [-0.4, -0.2) is 35.9 Å². The van der Waals surface area contributed by atoms with E-state index >= 15 is 0 Å². The second-order valence-corrected chi connectivity index (χ2v) is 2.92. The molecule has 1 aliphatic rings. The van der Waals surface area contributed by atoms with Gasteiger partial charge in [0.15, 0.2) is 0 Å². The minimum absolute atomic E-state index is 0.381. The molecule has 0 atom stereocenters. The predicted molar refractivity (Wildman–Crippen MR) is 35.9 cm³/mol. The molecule has 9 heavy (non-hydrogen) atoms. The smallest absolute Gasteiger partial charge is 0.0776 e. The molecule has 0 aromatic carbocycles. The molecule has 3 heteroatoms. The van der Waals surface area contributed by atoms with Crippen molar-refractivity contribution in [3.05, 3.63) is 0 Å². The second kappa shape index (κ2) is 2.25. The zero-order valence-electron chi connectivity index (χ0n) is 5.80. The van der Waals surface area contributed by atoms with Crippen LogP contribution in [-0.2, 0) is 0 Å². The summed E-state index contributed by atoms with van der Waals surface area (Å²) in [4.78, 5) is 1.92. The lowest BCUT2D eigenvalue weighted by atomic mass is 10.3. The molecular weight excluding hydrogens is 116 g/mol. The first kappa shape index (κ1) is 6.99. The third-order valence-corrected chi connectivity index (χ3v) is 1.70. The Hall–Kier alpha value is -0.120. The van der Waals surface area contributed by atoms with E-state index in [2.05, 4.69) is 0 Å². The van der Waals surface area contributed by atoms with Crippen molar-refractivity contribution in [3.8, 4) is 0 Å². The van der Waals surface area contributed by atoms with Crippen LogP contribution in [0.25, 0.3) is 0 Å². The standard InChI is InChI=1S/C6H14N2O/c1-8(5-7)4-6(9)2-3-6/h9H,2-5,7H2,1H3. The molecule has 1 saturated carbocycles. The average Bonchev–Trinajstić information content (AvgIpc) is 2.48. The maximum Gasteiger partial charge on any atom is 0.0776 e. The van der Waals surface area contributed by atoms with Crippen molar-refractivity contribution in [2.24, 2.45) is 5.73 Å². The summed E-state index contributed by atoms with van der Waals surface area (Å²) in [5.74, 6) is 0. The SMILES string of the molecule is CN(CN)CC1(O)CC1.